The zero-order valence-electron chi connectivity index (χ0n) is 18.6. The second-order valence-electron chi connectivity index (χ2n) is 8.17. The highest BCUT2D eigenvalue weighted by atomic mass is 16.7. The molecule has 1 aliphatic carbocycles. The molecule has 174 valence electrons. The van der Waals surface area contributed by atoms with E-state index in [4.69, 9.17) is 18.9 Å². The number of hydrogen-bond acceptors (Lipinski definition) is 7. The number of methoxy groups -OCH3 is 1. The van der Waals surface area contributed by atoms with Crippen LogP contribution < -0.4 is 0 Å². The molecule has 1 heterocycles. The molecule has 0 amide bonds. The third kappa shape index (κ3) is 9.88. The normalized spacial score (nSPS) is 28.1. The van der Waals surface area contributed by atoms with Crippen molar-refractivity contribution in [1.82, 2.24) is 0 Å². The van der Waals surface area contributed by atoms with Crippen molar-refractivity contribution < 1.29 is 33.6 Å². The first-order valence-electron chi connectivity index (χ1n) is 11.5. The first kappa shape index (κ1) is 25.3. The Balaban J connectivity index is 1.78. The highest BCUT2D eigenvalue weighted by molar-refractivity contribution is 5.69. The summed E-state index contributed by atoms with van der Waals surface area (Å²) in [5, 5.41) is 9.94. The van der Waals surface area contributed by atoms with Gasteiger partial charge in [-0.15, -0.1) is 0 Å². The zero-order valence-corrected chi connectivity index (χ0v) is 18.6. The first-order valence-corrected chi connectivity index (χ1v) is 11.5. The van der Waals surface area contributed by atoms with Crippen molar-refractivity contribution in [2.75, 3.05) is 33.5 Å². The summed E-state index contributed by atoms with van der Waals surface area (Å²) >= 11 is 0. The maximum Gasteiger partial charge on any atom is 0.305 e. The van der Waals surface area contributed by atoms with Gasteiger partial charge in [-0.25, -0.2) is 0 Å². The molecule has 0 bridgehead atoms. The van der Waals surface area contributed by atoms with Crippen LogP contribution in [0.1, 0.15) is 64.7 Å². The molecule has 5 unspecified atom stereocenters. The van der Waals surface area contributed by atoms with Crippen LogP contribution in [-0.4, -0.2) is 63.3 Å². The lowest BCUT2D eigenvalue weighted by Crippen LogP contribution is -2.27. The van der Waals surface area contributed by atoms with Gasteiger partial charge < -0.3 is 28.8 Å². The second kappa shape index (κ2) is 14.9. The number of rotatable bonds is 14. The van der Waals surface area contributed by atoms with Gasteiger partial charge in [0.1, 0.15) is 0 Å². The highest BCUT2D eigenvalue weighted by Gasteiger charge is 2.36. The first-order chi connectivity index (χ1) is 14.6. The number of ether oxygens (including phenoxy) is 5. The molecule has 0 spiro atoms. The second-order valence-corrected chi connectivity index (χ2v) is 8.17. The molecular weight excluding hydrogens is 388 g/mol. The van der Waals surface area contributed by atoms with Crippen LogP contribution in [-0.2, 0) is 28.5 Å². The van der Waals surface area contributed by atoms with E-state index in [-0.39, 0.29) is 25.0 Å². The average Bonchev–Trinajstić information content (AvgIpc) is 3.14. The number of esters is 1. The molecule has 1 saturated carbocycles. The van der Waals surface area contributed by atoms with E-state index >= 15 is 0 Å². The SMILES string of the molecule is CCOCC(O)OCC1CC(OC2CCCCO2)CC1C/C=C\CCCC(=O)OC. The monoisotopic (exact) mass is 428 g/mol. The van der Waals surface area contributed by atoms with Crippen LogP contribution in [0.3, 0.4) is 0 Å². The molecule has 2 aliphatic rings. The summed E-state index contributed by atoms with van der Waals surface area (Å²) in [5.74, 6) is 0.608. The van der Waals surface area contributed by atoms with Gasteiger partial charge in [0.25, 0.3) is 0 Å². The van der Waals surface area contributed by atoms with E-state index < -0.39 is 6.29 Å². The molecule has 30 heavy (non-hydrogen) atoms. The van der Waals surface area contributed by atoms with Crippen LogP contribution in [0.15, 0.2) is 12.2 Å². The molecule has 0 aromatic rings. The largest absolute Gasteiger partial charge is 0.469 e. The van der Waals surface area contributed by atoms with Crippen LogP contribution in [0, 0.1) is 11.8 Å². The molecular formula is C23H40O7. The number of carbonyl (C=O) groups is 1. The maximum atomic E-state index is 11.2. The fourth-order valence-corrected chi connectivity index (χ4v) is 4.15. The Hall–Kier alpha value is -0.990. The lowest BCUT2D eigenvalue weighted by Gasteiger charge is -2.26. The summed E-state index contributed by atoms with van der Waals surface area (Å²) in [5.41, 5.74) is 0. The van der Waals surface area contributed by atoms with Gasteiger partial charge in [0.05, 0.1) is 26.4 Å². The molecule has 0 radical (unpaired) electrons. The highest BCUT2D eigenvalue weighted by Crippen LogP contribution is 2.38. The quantitative estimate of drug-likeness (QED) is 0.196. The van der Waals surface area contributed by atoms with E-state index in [1.54, 1.807) is 0 Å². The van der Waals surface area contributed by atoms with E-state index in [1.165, 1.54) is 7.11 Å². The molecule has 0 aromatic heterocycles. The van der Waals surface area contributed by atoms with Crippen molar-refractivity contribution in [1.29, 1.82) is 0 Å². The molecule has 0 aromatic carbocycles. The Bertz CT molecular complexity index is 490. The minimum absolute atomic E-state index is 0.0820. The summed E-state index contributed by atoms with van der Waals surface area (Å²) < 4.78 is 27.5. The van der Waals surface area contributed by atoms with Gasteiger partial charge in [-0.1, -0.05) is 12.2 Å². The summed E-state index contributed by atoms with van der Waals surface area (Å²) in [4.78, 5) is 11.2. The molecule has 1 N–H and O–H groups in total. The lowest BCUT2D eigenvalue weighted by molar-refractivity contribution is -0.188. The van der Waals surface area contributed by atoms with Gasteiger partial charge in [0, 0.05) is 19.6 Å². The Morgan fingerprint density at radius 1 is 1.23 bits per heavy atom. The minimum atomic E-state index is -0.888. The van der Waals surface area contributed by atoms with Crippen molar-refractivity contribution in [3.63, 3.8) is 0 Å². The summed E-state index contributed by atoms with van der Waals surface area (Å²) in [6.07, 6.45) is 11.7. The average molecular weight is 429 g/mol. The van der Waals surface area contributed by atoms with Crippen LogP contribution in [0.2, 0.25) is 0 Å². The number of hydrogen-bond donors (Lipinski definition) is 1. The standard InChI is InChI=1S/C23H40O7/c1-3-27-17-22(25)29-16-19-15-20(30-23-12-8-9-13-28-23)14-18(19)10-6-4-5-7-11-21(24)26-2/h4,6,18-20,22-23,25H,3,5,7-17H2,1-2H3/b6-4-. The summed E-state index contributed by atoms with van der Waals surface area (Å²) in [7, 11) is 1.42. The predicted molar refractivity (Wildman–Crippen MR) is 113 cm³/mol. The third-order valence-corrected chi connectivity index (χ3v) is 5.83. The number of aliphatic hydroxyl groups excluding tert-OH is 1. The molecule has 2 fully saturated rings. The van der Waals surface area contributed by atoms with Crippen LogP contribution in [0.4, 0.5) is 0 Å². The Morgan fingerprint density at radius 3 is 2.80 bits per heavy atom. The molecule has 1 aliphatic heterocycles. The topological polar surface area (TPSA) is 83.5 Å². The fraction of sp³-hybridized carbons (Fsp3) is 0.870. The van der Waals surface area contributed by atoms with E-state index in [1.807, 2.05) is 6.92 Å². The Kier molecular flexibility index (Phi) is 12.6. The van der Waals surface area contributed by atoms with Crippen LogP contribution in [0.5, 0.6) is 0 Å². The minimum Gasteiger partial charge on any atom is -0.469 e. The van der Waals surface area contributed by atoms with Crippen molar-refractivity contribution in [3.05, 3.63) is 12.2 Å². The number of unbranched alkanes of at least 4 members (excludes halogenated alkanes) is 1. The fourth-order valence-electron chi connectivity index (χ4n) is 4.15. The van der Waals surface area contributed by atoms with Gasteiger partial charge in [-0.2, -0.15) is 0 Å². The maximum absolute atomic E-state index is 11.2. The third-order valence-electron chi connectivity index (χ3n) is 5.83. The van der Waals surface area contributed by atoms with E-state index in [0.29, 0.717) is 31.5 Å². The van der Waals surface area contributed by atoms with Gasteiger partial charge >= 0.3 is 5.97 Å². The van der Waals surface area contributed by atoms with Crippen molar-refractivity contribution >= 4 is 5.97 Å². The predicted octanol–water partition coefficient (Wildman–Crippen LogP) is 3.59. The number of aliphatic hydroxyl groups is 1. The molecule has 1 saturated heterocycles. The Morgan fingerprint density at radius 2 is 2.07 bits per heavy atom. The van der Waals surface area contributed by atoms with E-state index in [0.717, 1.165) is 58.0 Å². The number of allylic oxidation sites excluding steroid dienone is 2. The van der Waals surface area contributed by atoms with Crippen molar-refractivity contribution in [2.24, 2.45) is 11.8 Å². The van der Waals surface area contributed by atoms with Crippen LogP contribution >= 0.6 is 0 Å². The van der Waals surface area contributed by atoms with Crippen LogP contribution in [0.25, 0.3) is 0 Å². The molecule has 7 nitrogen and oxygen atoms in total. The number of carbonyl (C=O) groups excluding carboxylic acids is 1. The zero-order chi connectivity index (χ0) is 21.6. The molecule has 2 rings (SSSR count). The smallest absolute Gasteiger partial charge is 0.305 e. The summed E-state index contributed by atoms with van der Waals surface area (Å²) in [6, 6.07) is 0. The van der Waals surface area contributed by atoms with E-state index in [9.17, 15) is 9.90 Å². The van der Waals surface area contributed by atoms with Gasteiger partial charge in [-0.05, 0) is 70.1 Å². The summed E-state index contributed by atoms with van der Waals surface area (Å²) in [6.45, 7) is 3.94. The van der Waals surface area contributed by atoms with E-state index in [2.05, 4.69) is 16.9 Å². The molecule has 7 heteroatoms. The van der Waals surface area contributed by atoms with Gasteiger partial charge in [0.2, 0.25) is 0 Å². The van der Waals surface area contributed by atoms with Gasteiger partial charge in [0.15, 0.2) is 12.6 Å². The lowest BCUT2D eigenvalue weighted by atomic mass is 9.93. The van der Waals surface area contributed by atoms with Gasteiger partial charge in [-0.3, -0.25) is 4.79 Å². The molecule has 5 atom stereocenters. The van der Waals surface area contributed by atoms with Crippen molar-refractivity contribution in [2.45, 2.75) is 83.4 Å². The Labute approximate surface area is 181 Å². The van der Waals surface area contributed by atoms with Crippen molar-refractivity contribution in [3.8, 4) is 0 Å².